The fourth-order valence-electron chi connectivity index (χ4n) is 1.85. The highest BCUT2D eigenvalue weighted by Gasteiger charge is 2.26. The average Bonchev–Trinajstić information content (AvgIpc) is 2.62. The molecule has 0 fully saturated rings. The summed E-state index contributed by atoms with van der Waals surface area (Å²) in [6.07, 6.45) is 0.666. The Kier molecular flexibility index (Phi) is 3.28. The van der Waals surface area contributed by atoms with E-state index in [4.69, 9.17) is 14.5 Å². The molecule has 0 amide bonds. The van der Waals surface area contributed by atoms with Gasteiger partial charge in [0.2, 0.25) is 0 Å². The van der Waals surface area contributed by atoms with Crippen LogP contribution in [0.1, 0.15) is 12.0 Å². The minimum atomic E-state index is 0.116. The summed E-state index contributed by atoms with van der Waals surface area (Å²) >= 11 is 0. The SMILES string of the molecule is CB1OCc2cccc(OCCCO)c21. The van der Waals surface area contributed by atoms with Crippen LogP contribution in [0.5, 0.6) is 5.75 Å². The predicted octanol–water partition coefficient (Wildman–Crippen LogP) is 0.806. The first kappa shape index (κ1) is 10.5. The molecule has 2 rings (SSSR count). The Morgan fingerprint density at radius 1 is 1.53 bits per heavy atom. The van der Waals surface area contributed by atoms with Crippen LogP contribution in [-0.4, -0.2) is 25.2 Å². The number of aliphatic hydroxyl groups is 1. The molecule has 4 heteroatoms. The molecule has 1 aliphatic heterocycles. The van der Waals surface area contributed by atoms with Gasteiger partial charge in [0.1, 0.15) is 5.75 Å². The van der Waals surface area contributed by atoms with Gasteiger partial charge in [-0.1, -0.05) is 19.0 Å². The molecule has 0 unspecified atom stereocenters. The first-order valence-electron chi connectivity index (χ1n) is 5.30. The van der Waals surface area contributed by atoms with E-state index in [9.17, 15) is 0 Å². The molecule has 0 spiro atoms. The molecule has 1 N–H and O–H groups in total. The van der Waals surface area contributed by atoms with Crippen molar-refractivity contribution < 1.29 is 14.5 Å². The maximum Gasteiger partial charge on any atom is 0.327 e. The van der Waals surface area contributed by atoms with Gasteiger partial charge in [-0.3, -0.25) is 0 Å². The van der Waals surface area contributed by atoms with E-state index in [1.807, 2.05) is 19.0 Å². The number of benzene rings is 1. The van der Waals surface area contributed by atoms with Gasteiger partial charge in [-0.25, -0.2) is 0 Å². The Labute approximate surface area is 90.1 Å². The van der Waals surface area contributed by atoms with Crippen molar-refractivity contribution in [3.8, 4) is 5.75 Å². The van der Waals surface area contributed by atoms with Crippen molar-refractivity contribution in [3.05, 3.63) is 23.8 Å². The van der Waals surface area contributed by atoms with E-state index < -0.39 is 0 Å². The normalized spacial score (nSPS) is 14.1. The Morgan fingerprint density at radius 2 is 2.40 bits per heavy atom. The number of fused-ring (bicyclic) bond motifs is 1. The standard InChI is InChI=1S/C11H15BO3/c1-12-11-9(8-15-12)4-2-5-10(11)14-7-3-6-13/h2,4-5,13H,3,6-8H2,1H3. The van der Waals surface area contributed by atoms with Crippen molar-refractivity contribution >= 4 is 12.4 Å². The molecule has 0 radical (unpaired) electrons. The second kappa shape index (κ2) is 4.68. The van der Waals surface area contributed by atoms with Gasteiger partial charge < -0.3 is 14.5 Å². The van der Waals surface area contributed by atoms with Crippen LogP contribution in [0.4, 0.5) is 0 Å². The summed E-state index contributed by atoms with van der Waals surface area (Å²) < 4.78 is 11.2. The Bertz CT molecular complexity index is 341. The number of aliphatic hydroxyl groups excluding tert-OH is 1. The summed E-state index contributed by atoms with van der Waals surface area (Å²) in [6.45, 7) is 3.55. The Hall–Kier alpha value is -0.995. The fourth-order valence-corrected chi connectivity index (χ4v) is 1.85. The van der Waals surface area contributed by atoms with E-state index in [0.717, 1.165) is 11.2 Å². The minimum absolute atomic E-state index is 0.116. The second-order valence-electron chi connectivity index (χ2n) is 3.71. The summed E-state index contributed by atoms with van der Waals surface area (Å²) in [6, 6.07) is 6.01. The molecule has 1 aromatic rings. The summed E-state index contributed by atoms with van der Waals surface area (Å²) in [7, 11) is 0. The third-order valence-electron chi connectivity index (χ3n) is 2.61. The summed E-state index contributed by atoms with van der Waals surface area (Å²) in [5, 5.41) is 8.68. The van der Waals surface area contributed by atoms with Gasteiger partial charge in [-0.15, -0.1) is 0 Å². The van der Waals surface area contributed by atoms with E-state index in [2.05, 4.69) is 6.07 Å². The van der Waals surface area contributed by atoms with Crippen LogP contribution in [0.15, 0.2) is 18.2 Å². The van der Waals surface area contributed by atoms with E-state index in [-0.39, 0.29) is 13.5 Å². The van der Waals surface area contributed by atoms with Gasteiger partial charge in [-0.05, 0) is 17.1 Å². The van der Waals surface area contributed by atoms with Gasteiger partial charge in [0.05, 0.1) is 13.2 Å². The van der Waals surface area contributed by atoms with Gasteiger partial charge in [0.25, 0.3) is 0 Å². The zero-order valence-electron chi connectivity index (χ0n) is 8.90. The molecule has 1 heterocycles. The Balaban J connectivity index is 2.14. The van der Waals surface area contributed by atoms with Crippen LogP contribution in [0.2, 0.25) is 6.82 Å². The van der Waals surface area contributed by atoms with Crippen LogP contribution in [0.25, 0.3) is 0 Å². The molecule has 0 saturated carbocycles. The highest BCUT2D eigenvalue weighted by atomic mass is 16.5. The van der Waals surface area contributed by atoms with E-state index in [1.165, 1.54) is 5.56 Å². The molecule has 0 atom stereocenters. The van der Waals surface area contributed by atoms with E-state index >= 15 is 0 Å². The first-order chi connectivity index (χ1) is 7.33. The van der Waals surface area contributed by atoms with Crippen molar-refractivity contribution in [1.29, 1.82) is 0 Å². The molecule has 15 heavy (non-hydrogen) atoms. The van der Waals surface area contributed by atoms with E-state index in [0.29, 0.717) is 19.6 Å². The van der Waals surface area contributed by atoms with Crippen molar-refractivity contribution in [1.82, 2.24) is 0 Å². The lowest BCUT2D eigenvalue weighted by Crippen LogP contribution is -2.26. The maximum absolute atomic E-state index is 8.68. The summed E-state index contributed by atoms with van der Waals surface area (Å²) in [5.41, 5.74) is 2.37. The van der Waals surface area contributed by atoms with Crippen LogP contribution in [0.3, 0.4) is 0 Å². The lowest BCUT2D eigenvalue weighted by molar-refractivity contribution is 0.234. The number of rotatable bonds is 4. The maximum atomic E-state index is 8.68. The summed E-state index contributed by atoms with van der Waals surface area (Å²) in [4.78, 5) is 0. The zero-order valence-corrected chi connectivity index (χ0v) is 8.90. The lowest BCUT2D eigenvalue weighted by atomic mass is 9.64. The topological polar surface area (TPSA) is 38.7 Å². The monoisotopic (exact) mass is 206 g/mol. The van der Waals surface area contributed by atoms with Crippen molar-refractivity contribution in [2.24, 2.45) is 0 Å². The van der Waals surface area contributed by atoms with Crippen molar-refractivity contribution in [2.45, 2.75) is 19.9 Å². The highest BCUT2D eigenvalue weighted by molar-refractivity contribution is 6.68. The largest absolute Gasteiger partial charge is 0.494 e. The Morgan fingerprint density at radius 3 is 3.20 bits per heavy atom. The molecule has 3 nitrogen and oxygen atoms in total. The van der Waals surface area contributed by atoms with Crippen molar-refractivity contribution in [3.63, 3.8) is 0 Å². The molecular formula is C11H15BO3. The third kappa shape index (κ3) is 2.16. The average molecular weight is 206 g/mol. The number of hydrogen-bond acceptors (Lipinski definition) is 3. The first-order valence-corrected chi connectivity index (χ1v) is 5.30. The molecule has 0 aliphatic carbocycles. The molecule has 80 valence electrons. The second-order valence-corrected chi connectivity index (χ2v) is 3.71. The molecule has 0 aromatic heterocycles. The molecular weight excluding hydrogens is 191 g/mol. The highest BCUT2D eigenvalue weighted by Crippen LogP contribution is 2.19. The van der Waals surface area contributed by atoms with Gasteiger partial charge >= 0.3 is 6.92 Å². The molecule has 1 aliphatic rings. The summed E-state index contributed by atoms with van der Waals surface area (Å²) in [5.74, 6) is 0.894. The molecule has 0 bridgehead atoms. The third-order valence-corrected chi connectivity index (χ3v) is 2.61. The fraction of sp³-hybridized carbons (Fsp3) is 0.455. The quantitative estimate of drug-likeness (QED) is 0.585. The molecule has 1 aromatic carbocycles. The number of hydrogen-bond donors (Lipinski definition) is 1. The van der Waals surface area contributed by atoms with Crippen LogP contribution in [-0.2, 0) is 11.3 Å². The predicted molar refractivity (Wildman–Crippen MR) is 59.7 cm³/mol. The van der Waals surface area contributed by atoms with Gasteiger partial charge in [0.15, 0.2) is 0 Å². The van der Waals surface area contributed by atoms with Gasteiger partial charge in [-0.2, -0.15) is 0 Å². The lowest BCUT2D eigenvalue weighted by Gasteiger charge is -2.10. The van der Waals surface area contributed by atoms with Crippen LogP contribution >= 0.6 is 0 Å². The van der Waals surface area contributed by atoms with Crippen LogP contribution in [0, 0.1) is 0 Å². The zero-order chi connectivity index (χ0) is 10.7. The van der Waals surface area contributed by atoms with Crippen LogP contribution < -0.4 is 10.2 Å². The molecule has 0 saturated heterocycles. The van der Waals surface area contributed by atoms with E-state index in [1.54, 1.807) is 0 Å². The number of ether oxygens (including phenoxy) is 1. The van der Waals surface area contributed by atoms with Gasteiger partial charge in [0, 0.05) is 13.0 Å². The minimum Gasteiger partial charge on any atom is -0.494 e. The smallest absolute Gasteiger partial charge is 0.327 e. The van der Waals surface area contributed by atoms with Crippen molar-refractivity contribution in [2.75, 3.05) is 13.2 Å².